The fraction of sp³-hybridized carbons (Fsp3) is 0.300. The van der Waals surface area contributed by atoms with Gasteiger partial charge in [0.15, 0.2) is 5.75 Å². The Labute approximate surface area is 114 Å². The van der Waals surface area contributed by atoms with Gasteiger partial charge < -0.3 is 4.74 Å². The van der Waals surface area contributed by atoms with Crippen LogP contribution in [0, 0.1) is 3.57 Å². The maximum atomic E-state index is 11.5. The summed E-state index contributed by atoms with van der Waals surface area (Å²) in [5.74, 6) is -0.00402. The van der Waals surface area contributed by atoms with E-state index in [-0.39, 0.29) is 0 Å². The number of ether oxygens (including phenoxy) is 1. The summed E-state index contributed by atoms with van der Waals surface area (Å²) in [4.78, 5) is 11.1. The van der Waals surface area contributed by atoms with Crippen molar-refractivity contribution in [3.05, 3.63) is 27.8 Å². The van der Waals surface area contributed by atoms with Gasteiger partial charge in [0, 0.05) is 8.14 Å². The average molecular weight is 368 g/mol. The molecule has 0 amide bonds. The van der Waals surface area contributed by atoms with E-state index in [4.69, 9.17) is 4.52 Å². The number of halogens is 1. The molecular weight excluding hydrogens is 356 g/mol. The van der Waals surface area contributed by atoms with Crippen molar-refractivity contribution in [1.29, 1.82) is 0 Å². The van der Waals surface area contributed by atoms with Crippen molar-refractivity contribution in [2.24, 2.45) is 0 Å². The van der Waals surface area contributed by atoms with E-state index < -0.39 is 20.2 Å². The van der Waals surface area contributed by atoms with Crippen molar-refractivity contribution in [3.63, 3.8) is 0 Å². The summed E-state index contributed by atoms with van der Waals surface area (Å²) >= 11 is 2.16. The Morgan fingerprint density at radius 1 is 1.41 bits per heavy atom. The van der Waals surface area contributed by atoms with Crippen molar-refractivity contribution in [2.45, 2.75) is 13.0 Å². The van der Waals surface area contributed by atoms with Gasteiger partial charge >= 0.3 is 14.1 Å². The molecule has 0 saturated carbocycles. The molecule has 1 rings (SSSR count). The maximum Gasteiger partial charge on any atom is 0.664 e. The summed E-state index contributed by atoms with van der Waals surface area (Å²) in [6.45, 7) is 1.55. The second-order valence-corrected chi connectivity index (χ2v) is 5.38. The Balaban J connectivity index is 2.50. The highest BCUT2D eigenvalue weighted by atomic mass is 127. The third-order valence-corrected chi connectivity index (χ3v) is 3.55. The summed E-state index contributed by atoms with van der Waals surface area (Å²) in [5.41, 5.74) is 0. The topological polar surface area (TPSA) is 64.6 Å². The normalized spacial score (nSPS) is 12.8. The molecule has 5 nitrogen and oxygen atoms in total. The molecule has 0 spiro atoms. The van der Waals surface area contributed by atoms with Gasteiger partial charge in [-0.25, -0.2) is 4.52 Å². The van der Waals surface area contributed by atoms with E-state index in [1.165, 1.54) is 7.11 Å². The first-order valence-corrected chi connectivity index (χ1v) is 7.03. The summed E-state index contributed by atoms with van der Waals surface area (Å²) in [5, 5.41) is 2.50. The van der Waals surface area contributed by atoms with Gasteiger partial charge in [0.2, 0.25) is 0 Å². The fourth-order valence-electron chi connectivity index (χ4n) is 1.01. The minimum Gasteiger partial charge on any atom is -0.468 e. The minimum atomic E-state index is -2.15. The van der Waals surface area contributed by atoms with Crippen molar-refractivity contribution >= 4 is 36.7 Å². The standard InChI is InChI=1S/C10H12INO4P/c1-7(10(13)15-2)12-17(14)16-9-5-3-8(11)4-6-9/h3-7H,1-2H3,(H,12,14)/q+1/t7-/m0/s1. The summed E-state index contributed by atoms with van der Waals surface area (Å²) in [7, 11) is -0.876. The molecule has 0 aliphatic rings. The van der Waals surface area contributed by atoms with Crippen molar-refractivity contribution < 1.29 is 18.6 Å². The van der Waals surface area contributed by atoms with Crippen LogP contribution in [0.4, 0.5) is 0 Å². The fourth-order valence-corrected chi connectivity index (χ4v) is 2.15. The van der Waals surface area contributed by atoms with E-state index in [1.54, 1.807) is 19.1 Å². The molecule has 7 heteroatoms. The molecule has 92 valence electrons. The van der Waals surface area contributed by atoms with Crippen LogP contribution in [0.2, 0.25) is 0 Å². The number of rotatable bonds is 5. The van der Waals surface area contributed by atoms with E-state index in [0.717, 1.165) is 3.57 Å². The molecule has 17 heavy (non-hydrogen) atoms. The van der Waals surface area contributed by atoms with Gasteiger partial charge in [0.25, 0.3) is 0 Å². The van der Waals surface area contributed by atoms with E-state index in [0.29, 0.717) is 5.75 Å². The van der Waals surface area contributed by atoms with Gasteiger partial charge in [-0.15, -0.1) is 0 Å². The number of methoxy groups -OCH3 is 1. The lowest BCUT2D eigenvalue weighted by Gasteiger charge is -2.02. The summed E-state index contributed by atoms with van der Waals surface area (Å²) in [6, 6.07) is 6.41. The highest BCUT2D eigenvalue weighted by Crippen LogP contribution is 2.24. The van der Waals surface area contributed by atoms with Crippen LogP contribution in [0.25, 0.3) is 0 Å². The SMILES string of the molecule is COC(=O)[C@H](C)N[P+](=O)Oc1ccc(I)cc1. The van der Waals surface area contributed by atoms with Crippen LogP contribution >= 0.6 is 30.8 Å². The molecule has 2 atom stereocenters. The van der Waals surface area contributed by atoms with Gasteiger partial charge in [-0.1, -0.05) is 5.09 Å². The molecule has 0 bridgehead atoms. The highest BCUT2D eigenvalue weighted by molar-refractivity contribution is 14.1. The summed E-state index contributed by atoms with van der Waals surface area (Å²) in [6.07, 6.45) is 0. The van der Waals surface area contributed by atoms with Gasteiger partial charge in [0.1, 0.15) is 6.04 Å². The van der Waals surface area contributed by atoms with Gasteiger partial charge in [-0.3, -0.25) is 4.79 Å². The van der Waals surface area contributed by atoms with Crippen LogP contribution in [-0.2, 0) is 14.1 Å². The van der Waals surface area contributed by atoms with E-state index in [9.17, 15) is 9.36 Å². The molecule has 1 aromatic rings. The second-order valence-electron chi connectivity index (χ2n) is 3.18. The van der Waals surface area contributed by atoms with Gasteiger partial charge in [-0.2, -0.15) is 0 Å². The number of hydrogen-bond acceptors (Lipinski definition) is 4. The number of benzene rings is 1. The van der Waals surface area contributed by atoms with E-state index >= 15 is 0 Å². The zero-order chi connectivity index (χ0) is 12.8. The first-order valence-electron chi connectivity index (χ1n) is 4.77. The predicted molar refractivity (Wildman–Crippen MR) is 72.0 cm³/mol. The number of nitrogens with one attached hydrogen (secondary N) is 1. The third-order valence-electron chi connectivity index (χ3n) is 1.86. The number of carbonyl (C=O) groups is 1. The smallest absolute Gasteiger partial charge is 0.468 e. The van der Waals surface area contributed by atoms with Crippen LogP contribution < -0.4 is 9.61 Å². The zero-order valence-electron chi connectivity index (χ0n) is 9.34. The van der Waals surface area contributed by atoms with Gasteiger partial charge in [0.05, 0.1) is 7.11 Å². The lowest BCUT2D eigenvalue weighted by atomic mass is 10.3. The predicted octanol–water partition coefficient (Wildman–Crippen LogP) is 2.48. The second kappa shape index (κ2) is 6.88. The number of esters is 1. The van der Waals surface area contributed by atoms with Crippen LogP contribution in [0.5, 0.6) is 5.75 Å². The lowest BCUT2D eigenvalue weighted by Crippen LogP contribution is -2.30. The third kappa shape index (κ3) is 4.97. The molecule has 0 aliphatic heterocycles. The van der Waals surface area contributed by atoms with Crippen molar-refractivity contribution in [2.75, 3.05) is 7.11 Å². The Hall–Kier alpha value is -0.720. The molecule has 0 aromatic heterocycles. The maximum absolute atomic E-state index is 11.5. The first kappa shape index (κ1) is 14.3. The van der Waals surface area contributed by atoms with Crippen molar-refractivity contribution in [3.8, 4) is 5.75 Å². The number of carbonyl (C=O) groups excluding carboxylic acids is 1. The largest absolute Gasteiger partial charge is 0.664 e. The molecule has 1 N–H and O–H groups in total. The molecule has 0 aliphatic carbocycles. The van der Waals surface area contributed by atoms with Crippen LogP contribution in [-0.4, -0.2) is 19.1 Å². The molecule has 0 fully saturated rings. The molecule has 1 aromatic carbocycles. The first-order chi connectivity index (χ1) is 8.02. The average Bonchev–Trinajstić information content (AvgIpc) is 2.30. The van der Waals surface area contributed by atoms with E-state index in [2.05, 4.69) is 32.4 Å². The van der Waals surface area contributed by atoms with Crippen LogP contribution in [0.1, 0.15) is 6.92 Å². The molecule has 0 heterocycles. The Morgan fingerprint density at radius 3 is 2.53 bits per heavy atom. The monoisotopic (exact) mass is 368 g/mol. The van der Waals surface area contributed by atoms with Crippen LogP contribution in [0.3, 0.4) is 0 Å². The molecule has 0 radical (unpaired) electrons. The molecule has 0 saturated heterocycles. The van der Waals surface area contributed by atoms with Gasteiger partial charge in [-0.05, 0) is 53.8 Å². The Bertz CT molecular complexity index is 409. The summed E-state index contributed by atoms with van der Waals surface area (Å²) < 4.78 is 22.2. The Morgan fingerprint density at radius 2 is 2.00 bits per heavy atom. The van der Waals surface area contributed by atoms with Crippen molar-refractivity contribution in [1.82, 2.24) is 5.09 Å². The van der Waals surface area contributed by atoms with Crippen LogP contribution in [0.15, 0.2) is 24.3 Å². The molecule has 1 unspecified atom stereocenters. The minimum absolute atomic E-state index is 0.482. The number of hydrogen-bond donors (Lipinski definition) is 1. The lowest BCUT2D eigenvalue weighted by molar-refractivity contribution is -0.142. The quantitative estimate of drug-likeness (QED) is 0.492. The van der Waals surface area contributed by atoms with E-state index in [1.807, 2.05) is 12.1 Å². The highest BCUT2D eigenvalue weighted by Gasteiger charge is 2.27. The Kier molecular flexibility index (Phi) is 5.80. The molecular formula is C10H12INO4P+. The zero-order valence-corrected chi connectivity index (χ0v) is 12.4.